The number of hydrogen-bond acceptors (Lipinski definition) is 6. The maximum Gasteiger partial charge on any atom is 0.183 e. The molecule has 0 spiro atoms. The fourth-order valence-corrected chi connectivity index (χ4v) is 2.44. The van der Waals surface area contributed by atoms with Gasteiger partial charge in [0.15, 0.2) is 11.5 Å². The van der Waals surface area contributed by atoms with Gasteiger partial charge in [0.2, 0.25) is 0 Å². The van der Waals surface area contributed by atoms with Gasteiger partial charge in [-0.1, -0.05) is 6.92 Å². The Kier molecular flexibility index (Phi) is 4.66. The number of piperazine rings is 1. The maximum atomic E-state index is 9.32. The summed E-state index contributed by atoms with van der Waals surface area (Å²) in [4.78, 5) is 12.7. The Morgan fingerprint density at radius 2 is 2.00 bits per heavy atom. The summed E-state index contributed by atoms with van der Waals surface area (Å²) in [6.45, 7) is 5.66. The van der Waals surface area contributed by atoms with Crippen molar-refractivity contribution in [3.05, 3.63) is 18.1 Å². The van der Waals surface area contributed by atoms with Crippen molar-refractivity contribution in [2.75, 3.05) is 37.7 Å². The lowest BCUT2D eigenvalue weighted by atomic mass is 10.1. The zero-order valence-electron chi connectivity index (χ0n) is 11.2. The van der Waals surface area contributed by atoms with Crippen LogP contribution in [0.25, 0.3) is 0 Å². The van der Waals surface area contributed by atoms with Gasteiger partial charge in [-0.15, -0.1) is 0 Å². The van der Waals surface area contributed by atoms with Crippen molar-refractivity contribution in [3.8, 4) is 6.07 Å². The molecule has 1 N–H and O–H groups in total. The predicted molar refractivity (Wildman–Crippen MR) is 71.7 cm³/mol. The first-order chi connectivity index (χ1) is 9.30. The van der Waals surface area contributed by atoms with Crippen LogP contribution in [0.4, 0.5) is 5.82 Å². The normalized spacial score (nSPS) is 18.1. The molecule has 1 aromatic rings. The van der Waals surface area contributed by atoms with Gasteiger partial charge < -0.3 is 10.0 Å². The molecule has 0 amide bonds. The van der Waals surface area contributed by atoms with Crippen molar-refractivity contribution in [2.45, 2.75) is 19.4 Å². The number of rotatable bonds is 4. The highest BCUT2D eigenvalue weighted by Crippen LogP contribution is 2.17. The third-order valence-electron chi connectivity index (χ3n) is 3.60. The van der Waals surface area contributed by atoms with Gasteiger partial charge in [-0.2, -0.15) is 5.26 Å². The van der Waals surface area contributed by atoms with Gasteiger partial charge in [-0.3, -0.25) is 4.90 Å². The number of nitrogens with zero attached hydrogens (tertiary/aromatic N) is 5. The molecule has 0 unspecified atom stereocenters. The van der Waals surface area contributed by atoms with E-state index in [9.17, 15) is 5.11 Å². The van der Waals surface area contributed by atoms with E-state index in [0.29, 0.717) is 11.5 Å². The molecular weight excluding hydrogens is 242 g/mol. The summed E-state index contributed by atoms with van der Waals surface area (Å²) >= 11 is 0. The molecule has 0 saturated carbocycles. The molecular formula is C13H19N5O. The minimum absolute atomic E-state index is 0.199. The molecule has 0 bridgehead atoms. The summed E-state index contributed by atoms with van der Waals surface area (Å²) in [6.07, 6.45) is 4.10. The fraction of sp³-hybridized carbons (Fsp3) is 0.615. The zero-order chi connectivity index (χ0) is 13.7. The monoisotopic (exact) mass is 261 g/mol. The second kappa shape index (κ2) is 6.45. The highest BCUT2D eigenvalue weighted by atomic mass is 16.3. The Hall–Kier alpha value is -1.71. The summed E-state index contributed by atoms with van der Waals surface area (Å²) in [5.74, 6) is 0.668. The maximum absolute atomic E-state index is 9.32. The van der Waals surface area contributed by atoms with E-state index in [1.54, 1.807) is 6.20 Å². The zero-order valence-corrected chi connectivity index (χ0v) is 11.2. The third-order valence-corrected chi connectivity index (χ3v) is 3.60. The van der Waals surface area contributed by atoms with Gasteiger partial charge >= 0.3 is 0 Å². The van der Waals surface area contributed by atoms with Crippen LogP contribution >= 0.6 is 0 Å². The van der Waals surface area contributed by atoms with E-state index in [4.69, 9.17) is 5.26 Å². The molecule has 1 atom stereocenters. The van der Waals surface area contributed by atoms with Crippen LogP contribution in [0.1, 0.15) is 19.0 Å². The molecule has 1 fully saturated rings. The standard InChI is InChI=1S/C13H19N5O/c1-2-11(10-19)17-5-7-18(8-6-17)13-12(9-14)15-3-4-16-13/h3-4,11,19H,2,5-8,10H2,1H3/t11-/m1/s1. The first kappa shape index (κ1) is 13.7. The molecule has 102 valence electrons. The van der Waals surface area contributed by atoms with Crippen LogP contribution in [0.3, 0.4) is 0 Å². The fourth-order valence-electron chi connectivity index (χ4n) is 2.44. The van der Waals surface area contributed by atoms with Crippen LogP contribution in [-0.4, -0.2) is 58.8 Å². The molecule has 0 aromatic carbocycles. The summed E-state index contributed by atoms with van der Waals surface area (Å²) in [5.41, 5.74) is 0.380. The van der Waals surface area contributed by atoms with E-state index >= 15 is 0 Å². The quantitative estimate of drug-likeness (QED) is 0.837. The molecule has 1 aromatic heterocycles. The number of hydrogen-bond donors (Lipinski definition) is 1. The Morgan fingerprint density at radius 3 is 2.58 bits per heavy atom. The second-order valence-electron chi connectivity index (χ2n) is 4.61. The third kappa shape index (κ3) is 3.00. The average molecular weight is 261 g/mol. The molecule has 2 rings (SSSR count). The summed E-state index contributed by atoms with van der Waals surface area (Å²) in [5, 5.41) is 18.4. The number of aliphatic hydroxyl groups is 1. The van der Waals surface area contributed by atoms with Crippen molar-refractivity contribution < 1.29 is 5.11 Å². The molecule has 1 aliphatic heterocycles. The van der Waals surface area contributed by atoms with Gasteiger partial charge in [0.05, 0.1) is 6.61 Å². The molecule has 19 heavy (non-hydrogen) atoms. The molecule has 0 radical (unpaired) electrons. The van der Waals surface area contributed by atoms with Gasteiger partial charge in [-0.05, 0) is 6.42 Å². The van der Waals surface area contributed by atoms with E-state index in [1.165, 1.54) is 6.20 Å². The van der Waals surface area contributed by atoms with E-state index in [0.717, 1.165) is 32.6 Å². The minimum atomic E-state index is 0.199. The lowest BCUT2D eigenvalue weighted by molar-refractivity contribution is 0.114. The van der Waals surface area contributed by atoms with Crippen LogP contribution in [0.5, 0.6) is 0 Å². The lowest BCUT2D eigenvalue weighted by Crippen LogP contribution is -2.51. The van der Waals surface area contributed by atoms with Gasteiger partial charge in [0.1, 0.15) is 6.07 Å². The van der Waals surface area contributed by atoms with E-state index < -0.39 is 0 Å². The van der Waals surface area contributed by atoms with Crippen LogP contribution in [0, 0.1) is 11.3 Å². The van der Waals surface area contributed by atoms with Crippen LogP contribution in [-0.2, 0) is 0 Å². The number of aromatic nitrogens is 2. The van der Waals surface area contributed by atoms with Gasteiger partial charge in [0, 0.05) is 44.6 Å². The summed E-state index contributed by atoms with van der Waals surface area (Å²) in [7, 11) is 0. The molecule has 6 heteroatoms. The largest absolute Gasteiger partial charge is 0.395 e. The average Bonchev–Trinajstić information content (AvgIpc) is 2.49. The summed E-state index contributed by atoms with van der Waals surface area (Å²) < 4.78 is 0. The van der Waals surface area contributed by atoms with Crippen molar-refractivity contribution in [3.63, 3.8) is 0 Å². The Labute approximate surface area is 113 Å². The van der Waals surface area contributed by atoms with Crippen molar-refractivity contribution in [1.29, 1.82) is 5.26 Å². The summed E-state index contributed by atoms with van der Waals surface area (Å²) in [6, 6.07) is 2.32. The molecule has 1 aliphatic rings. The van der Waals surface area contributed by atoms with Crippen LogP contribution in [0.2, 0.25) is 0 Å². The first-order valence-electron chi connectivity index (χ1n) is 6.61. The lowest BCUT2D eigenvalue weighted by Gasteiger charge is -2.38. The second-order valence-corrected chi connectivity index (χ2v) is 4.61. The van der Waals surface area contributed by atoms with E-state index in [1.807, 2.05) is 0 Å². The molecule has 1 saturated heterocycles. The highest BCUT2D eigenvalue weighted by Gasteiger charge is 2.24. The molecule has 0 aliphatic carbocycles. The highest BCUT2D eigenvalue weighted by molar-refractivity contribution is 5.49. The Bertz CT molecular complexity index is 447. The van der Waals surface area contributed by atoms with Crippen LogP contribution in [0.15, 0.2) is 12.4 Å². The molecule has 2 heterocycles. The van der Waals surface area contributed by atoms with E-state index in [2.05, 4.69) is 32.8 Å². The van der Waals surface area contributed by atoms with Crippen molar-refractivity contribution in [1.82, 2.24) is 14.9 Å². The van der Waals surface area contributed by atoms with Crippen molar-refractivity contribution >= 4 is 5.82 Å². The number of anilines is 1. The SMILES string of the molecule is CC[C@H](CO)N1CCN(c2nccnc2C#N)CC1. The smallest absolute Gasteiger partial charge is 0.183 e. The Balaban J connectivity index is 2.02. The van der Waals surface area contributed by atoms with E-state index in [-0.39, 0.29) is 12.6 Å². The van der Waals surface area contributed by atoms with Gasteiger partial charge in [-0.25, -0.2) is 9.97 Å². The minimum Gasteiger partial charge on any atom is -0.395 e. The van der Waals surface area contributed by atoms with Crippen molar-refractivity contribution in [2.24, 2.45) is 0 Å². The first-order valence-corrected chi connectivity index (χ1v) is 6.61. The van der Waals surface area contributed by atoms with Gasteiger partial charge in [0.25, 0.3) is 0 Å². The molecule has 6 nitrogen and oxygen atoms in total. The number of nitriles is 1. The number of aliphatic hydroxyl groups excluding tert-OH is 1. The topological polar surface area (TPSA) is 76.3 Å². The predicted octanol–water partition coefficient (Wildman–Crippen LogP) is 0.241. The van der Waals surface area contributed by atoms with Crippen LogP contribution < -0.4 is 4.90 Å². The Morgan fingerprint density at radius 1 is 1.32 bits per heavy atom.